The Bertz CT molecular complexity index is 790. The smallest absolute Gasteiger partial charge is 0.164 e. The standard InChI is InChI=1S/C17H20O2.C7H8.Rh/c1-16(2)12-9-10-17(16,3)15(19)13(12)14(18)11-7-5-4-6-8-11;1-2-7-4-3-6(1)5-7;/h4-8,12,18H,9-10H2,1-3H3;1-4,6-7H,5H2;/p-1/b14-13-;;/t12-,17+;;/m1../s1. The Morgan fingerprint density at radius 3 is 1.96 bits per heavy atom. The second-order valence-corrected chi connectivity index (χ2v) is 8.92. The SMILES string of the molecule is C1=CC2C=CC1C2.CC1(C)[C@@H]2CC[C@@]1(C)C(=O)/C2=C(\[O-])c1ccccc1.[Rh]. The number of ketones is 1. The molecule has 2 nitrogen and oxygen atoms in total. The average molecular weight is 450 g/mol. The molecule has 3 heteroatoms. The zero-order valence-corrected chi connectivity index (χ0v) is 17.8. The fraction of sp³-hybridized carbons (Fsp3) is 0.458. The number of hydrogen-bond acceptors (Lipinski definition) is 2. The summed E-state index contributed by atoms with van der Waals surface area (Å²) in [4.78, 5) is 12.7. The van der Waals surface area contributed by atoms with E-state index < -0.39 is 0 Å². The minimum Gasteiger partial charge on any atom is -0.872 e. The van der Waals surface area contributed by atoms with Crippen molar-refractivity contribution in [2.75, 3.05) is 0 Å². The van der Waals surface area contributed by atoms with Gasteiger partial charge in [-0.3, -0.25) is 4.79 Å². The van der Waals surface area contributed by atoms with Gasteiger partial charge in [-0.1, -0.05) is 81.2 Å². The minimum atomic E-state index is -0.350. The van der Waals surface area contributed by atoms with Gasteiger partial charge in [0.2, 0.25) is 0 Å². The molecule has 5 rings (SSSR count). The largest absolute Gasteiger partial charge is 0.872 e. The number of allylic oxidation sites excluding steroid dienone is 5. The summed E-state index contributed by atoms with van der Waals surface area (Å²) in [6.45, 7) is 6.29. The maximum atomic E-state index is 12.7. The van der Waals surface area contributed by atoms with Gasteiger partial charge in [0, 0.05) is 24.9 Å². The van der Waals surface area contributed by atoms with E-state index in [1.165, 1.54) is 6.42 Å². The van der Waals surface area contributed by atoms with Crippen LogP contribution in [0.1, 0.15) is 45.6 Å². The zero-order chi connectivity index (χ0) is 18.5. The molecule has 1 radical (unpaired) electrons. The Morgan fingerprint density at radius 2 is 1.56 bits per heavy atom. The van der Waals surface area contributed by atoms with Crippen LogP contribution in [-0.4, -0.2) is 5.78 Å². The molecule has 0 aliphatic heterocycles. The number of rotatable bonds is 1. The molecule has 4 bridgehead atoms. The molecule has 27 heavy (non-hydrogen) atoms. The van der Waals surface area contributed by atoms with Crippen LogP contribution in [0.25, 0.3) is 5.76 Å². The molecule has 145 valence electrons. The number of carbonyl (C=O) groups excluding carboxylic acids is 1. The van der Waals surface area contributed by atoms with Gasteiger partial charge >= 0.3 is 0 Å². The van der Waals surface area contributed by atoms with Crippen molar-refractivity contribution in [2.45, 2.75) is 40.0 Å². The van der Waals surface area contributed by atoms with Crippen LogP contribution in [0, 0.1) is 28.6 Å². The van der Waals surface area contributed by atoms with Crippen molar-refractivity contribution >= 4 is 11.5 Å². The van der Waals surface area contributed by atoms with Gasteiger partial charge in [-0.2, -0.15) is 0 Å². The maximum Gasteiger partial charge on any atom is 0.164 e. The molecule has 4 aliphatic carbocycles. The molecule has 1 aromatic rings. The van der Waals surface area contributed by atoms with Crippen LogP contribution in [0.15, 0.2) is 60.2 Å². The molecule has 2 fully saturated rings. The molecule has 2 atom stereocenters. The van der Waals surface area contributed by atoms with Gasteiger partial charge in [-0.25, -0.2) is 0 Å². The summed E-state index contributed by atoms with van der Waals surface area (Å²) >= 11 is 0. The molecular weight excluding hydrogens is 423 g/mol. The molecule has 0 aromatic heterocycles. The molecule has 0 amide bonds. The van der Waals surface area contributed by atoms with Crippen molar-refractivity contribution in [1.82, 2.24) is 0 Å². The third kappa shape index (κ3) is 3.09. The second kappa shape index (κ2) is 7.17. The van der Waals surface area contributed by atoms with E-state index in [9.17, 15) is 9.90 Å². The van der Waals surface area contributed by atoms with Gasteiger partial charge in [0.1, 0.15) is 0 Å². The van der Waals surface area contributed by atoms with Crippen LogP contribution >= 0.6 is 0 Å². The monoisotopic (exact) mass is 450 g/mol. The van der Waals surface area contributed by atoms with Crippen molar-refractivity contribution in [2.24, 2.45) is 28.6 Å². The molecule has 0 spiro atoms. The summed E-state index contributed by atoms with van der Waals surface area (Å²) in [6.07, 6.45) is 12.4. The van der Waals surface area contributed by atoms with Gasteiger partial charge in [0.25, 0.3) is 0 Å². The van der Waals surface area contributed by atoms with Crippen LogP contribution in [0.2, 0.25) is 0 Å². The fourth-order valence-electron chi connectivity index (χ4n) is 5.20. The number of hydrogen-bond donors (Lipinski definition) is 0. The Hall–Kier alpha value is -1.47. The minimum absolute atomic E-state index is 0. The molecule has 4 aliphatic rings. The third-order valence-corrected chi connectivity index (χ3v) is 7.36. The predicted molar refractivity (Wildman–Crippen MR) is 103 cm³/mol. The van der Waals surface area contributed by atoms with Crippen LogP contribution in [0.3, 0.4) is 0 Å². The van der Waals surface area contributed by atoms with E-state index in [0.29, 0.717) is 11.1 Å². The summed E-state index contributed by atoms with van der Waals surface area (Å²) in [5, 5.41) is 12.6. The average Bonchev–Trinajstić information content (AvgIpc) is 3.37. The van der Waals surface area contributed by atoms with Gasteiger partial charge in [-0.15, -0.1) is 0 Å². The van der Waals surface area contributed by atoms with E-state index in [0.717, 1.165) is 24.7 Å². The van der Waals surface area contributed by atoms with Crippen molar-refractivity contribution in [3.05, 3.63) is 65.8 Å². The van der Waals surface area contributed by atoms with Crippen molar-refractivity contribution in [3.63, 3.8) is 0 Å². The summed E-state index contributed by atoms with van der Waals surface area (Å²) in [5.74, 6) is 1.77. The first kappa shape index (κ1) is 20.3. The molecule has 0 heterocycles. The topological polar surface area (TPSA) is 40.1 Å². The Morgan fingerprint density at radius 1 is 1.00 bits per heavy atom. The van der Waals surface area contributed by atoms with E-state index in [1.807, 2.05) is 25.1 Å². The van der Waals surface area contributed by atoms with E-state index in [4.69, 9.17) is 0 Å². The first-order valence-corrected chi connectivity index (χ1v) is 9.72. The Balaban J connectivity index is 0.000000219. The van der Waals surface area contributed by atoms with Crippen molar-refractivity contribution in [1.29, 1.82) is 0 Å². The molecule has 0 unspecified atom stereocenters. The van der Waals surface area contributed by atoms with E-state index in [-0.39, 0.29) is 47.8 Å². The second-order valence-electron chi connectivity index (χ2n) is 8.92. The van der Waals surface area contributed by atoms with Gasteiger partial charge < -0.3 is 5.11 Å². The molecule has 0 N–H and O–H groups in total. The summed E-state index contributed by atoms with van der Waals surface area (Å²) < 4.78 is 0. The number of Topliss-reactive ketones (excluding diaryl/α,β-unsaturated/α-hetero) is 1. The molecule has 0 saturated heterocycles. The van der Waals surface area contributed by atoms with Crippen molar-refractivity contribution < 1.29 is 29.4 Å². The third-order valence-electron chi connectivity index (χ3n) is 7.36. The summed E-state index contributed by atoms with van der Waals surface area (Å²) in [6, 6.07) is 9.17. The van der Waals surface area contributed by atoms with Gasteiger partial charge in [0.05, 0.1) is 0 Å². The Kier molecular flexibility index (Phi) is 5.38. The quantitative estimate of drug-likeness (QED) is 0.273. The van der Waals surface area contributed by atoms with E-state index in [2.05, 4.69) is 38.2 Å². The molecular formula is C24H27O2Rh-. The fourth-order valence-corrected chi connectivity index (χ4v) is 5.20. The van der Waals surface area contributed by atoms with Crippen LogP contribution in [0.5, 0.6) is 0 Å². The maximum absolute atomic E-state index is 12.7. The zero-order valence-electron chi connectivity index (χ0n) is 16.2. The van der Waals surface area contributed by atoms with Crippen LogP contribution in [0.4, 0.5) is 0 Å². The van der Waals surface area contributed by atoms with E-state index >= 15 is 0 Å². The normalized spacial score (nSPS) is 35.7. The van der Waals surface area contributed by atoms with Crippen molar-refractivity contribution in [3.8, 4) is 0 Å². The Labute approximate surface area is 175 Å². The van der Waals surface area contributed by atoms with Gasteiger partial charge in [0.15, 0.2) is 5.78 Å². The summed E-state index contributed by atoms with van der Waals surface area (Å²) in [7, 11) is 0. The molecule has 2 saturated carbocycles. The molecule has 1 aromatic carbocycles. The van der Waals surface area contributed by atoms with Gasteiger partial charge in [-0.05, 0) is 53.6 Å². The summed E-state index contributed by atoms with van der Waals surface area (Å²) in [5.41, 5.74) is 0.740. The number of carbonyl (C=O) groups is 1. The van der Waals surface area contributed by atoms with Crippen LogP contribution in [-0.2, 0) is 24.3 Å². The predicted octanol–water partition coefficient (Wildman–Crippen LogP) is 4.53. The number of benzene rings is 1. The first-order chi connectivity index (χ1) is 12.3. The first-order valence-electron chi connectivity index (χ1n) is 9.72. The van der Waals surface area contributed by atoms with Crippen LogP contribution < -0.4 is 5.11 Å². The van der Waals surface area contributed by atoms with E-state index in [1.54, 1.807) is 12.1 Å². The number of fused-ring (bicyclic) bond motifs is 4.